The molecule has 0 aliphatic carbocycles. The number of nitrogens with one attached hydrogen (secondary N) is 3. The Bertz CT molecular complexity index is 816. The highest BCUT2D eigenvalue weighted by Crippen LogP contribution is 2.11. The Hall–Kier alpha value is -3.35. The predicted molar refractivity (Wildman–Crippen MR) is 103 cm³/mol. The van der Waals surface area contributed by atoms with Crippen LogP contribution in [-0.4, -0.2) is 35.6 Å². The maximum absolute atomic E-state index is 12.3. The van der Waals surface area contributed by atoms with E-state index in [-0.39, 0.29) is 23.5 Å². The summed E-state index contributed by atoms with van der Waals surface area (Å²) in [6.07, 6.45) is 0.584. The number of carboxylic acid groups (broad SMARTS) is 1. The summed E-state index contributed by atoms with van der Waals surface area (Å²) >= 11 is 0. The van der Waals surface area contributed by atoms with Crippen LogP contribution >= 0.6 is 0 Å². The minimum Gasteiger partial charge on any atom is -0.478 e. The van der Waals surface area contributed by atoms with Gasteiger partial charge in [0.05, 0.1) is 5.56 Å². The first-order chi connectivity index (χ1) is 12.8. The number of benzene rings is 2. The molecular formula is C20H23N3O4. The van der Waals surface area contributed by atoms with Crippen molar-refractivity contribution in [2.45, 2.75) is 26.3 Å². The molecule has 0 unspecified atom stereocenters. The van der Waals surface area contributed by atoms with Crippen molar-refractivity contribution >= 4 is 23.6 Å². The number of rotatable bonds is 7. The summed E-state index contributed by atoms with van der Waals surface area (Å²) < 4.78 is 0. The number of carbonyl (C=O) groups excluding carboxylic acids is 2. The molecule has 27 heavy (non-hydrogen) atoms. The lowest BCUT2D eigenvalue weighted by Crippen LogP contribution is -2.34. The number of hydrogen-bond donors (Lipinski definition) is 4. The van der Waals surface area contributed by atoms with Gasteiger partial charge in [0.15, 0.2) is 0 Å². The summed E-state index contributed by atoms with van der Waals surface area (Å²) in [5.41, 5.74) is 2.14. The molecule has 0 heterocycles. The Morgan fingerprint density at radius 1 is 1.00 bits per heavy atom. The summed E-state index contributed by atoms with van der Waals surface area (Å²) in [5, 5.41) is 17.1. The Morgan fingerprint density at radius 2 is 1.70 bits per heavy atom. The van der Waals surface area contributed by atoms with Gasteiger partial charge in [0.1, 0.15) is 0 Å². The second-order valence-corrected chi connectivity index (χ2v) is 6.34. The minimum absolute atomic E-state index is 0.0149. The van der Waals surface area contributed by atoms with Crippen LogP contribution in [0, 0.1) is 0 Å². The molecule has 0 saturated carbocycles. The number of hydrogen-bond acceptors (Lipinski definition) is 3. The molecule has 0 bridgehead atoms. The van der Waals surface area contributed by atoms with E-state index in [1.807, 2.05) is 13.8 Å². The highest BCUT2D eigenvalue weighted by Gasteiger charge is 2.08. The zero-order valence-corrected chi connectivity index (χ0v) is 15.3. The van der Waals surface area contributed by atoms with Gasteiger partial charge in [-0.15, -0.1) is 0 Å². The zero-order chi connectivity index (χ0) is 19.8. The minimum atomic E-state index is -0.967. The number of carboxylic acids is 1. The van der Waals surface area contributed by atoms with Crippen LogP contribution in [0.3, 0.4) is 0 Å². The molecule has 0 radical (unpaired) electrons. The van der Waals surface area contributed by atoms with Crippen LogP contribution in [-0.2, 0) is 6.42 Å². The summed E-state index contributed by atoms with van der Waals surface area (Å²) in [6.45, 7) is 4.13. The molecule has 0 aromatic heterocycles. The largest absolute Gasteiger partial charge is 0.478 e. The summed E-state index contributed by atoms with van der Waals surface area (Å²) in [7, 11) is 0. The van der Waals surface area contributed by atoms with Crippen molar-refractivity contribution in [2.75, 3.05) is 11.9 Å². The average molecular weight is 369 g/mol. The second kappa shape index (κ2) is 9.38. The lowest BCUT2D eigenvalue weighted by molar-refractivity contribution is 0.0696. The van der Waals surface area contributed by atoms with Crippen LogP contribution in [0.2, 0.25) is 0 Å². The van der Waals surface area contributed by atoms with E-state index in [0.29, 0.717) is 24.2 Å². The van der Waals surface area contributed by atoms with Crippen LogP contribution < -0.4 is 16.0 Å². The third-order valence-corrected chi connectivity index (χ3v) is 3.70. The highest BCUT2D eigenvalue weighted by atomic mass is 16.4. The zero-order valence-electron chi connectivity index (χ0n) is 15.3. The number of anilines is 1. The molecule has 3 amide bonds. The fourth-order valence-electron chi connectivity index (χ4n) is 2.40. The molecule has 0 saturated heterocycles. The quantitative estimate of drug-likeness (QED) is 0.602. The Labute approximate surface area is 157 Å². The van der Waals surface area contributed by atoms with E-state index in [9.17, 15) is 14.4 Å². The fraction of sp³-hybridized carbons (Fsp3) is 0.250. The molecule has 2 aromatic rings. The van der Waals surface area contributed by atoms with Gasteiger partial charge in [-0.25, -0.2) is 9.59 Å². The van der Waals surface area contributed by atoms with Gasteiger partial charge in [0.25, 0.3) is 5.91 Å². The molecule has 0 spiro atoms. The normalized spacial score (nSPS) is 10.3. The highest BCUT2D eigenvalue weighted by molar-refractivity contribution is 5.96. The van der Waals surface area contributed by atoms with Crippen molar-refractivity contribution < 1.29 is 19.5 Å². The Kier molecular flexibility index (Phi) is 6.93. The van der Waals surface area contributed by atoms with Crippen LogP contribution in [0.4, 0.5) is 10.5 Å². The number of carbonyl (C=O) groups is 3. The molecular weight excluding hydrogens is 346 g/mol. The monoisotopic (exact) mass is 369 g/mol. The average Bonchev–Trinajstić information content (AvgIpc) is 2.61. The van der Waals surface area contributed by atoms with Crippen molar-refractivity contribution in [3.63, 3.8) is 0 Å². The maximum atomic E-state index is 12.3. The first-order valence-corrected chi connectivity index (χ1v) is 8.63. The van der Waals surface area contributed by atoms with E-state index in [1.54, 1.807) is 36.4 Å². The van der Waals surface area contributed by atoms with Crippen LogP contribution in [0.25, 0.3) is 0 Å². The van der Waals surface area contributed by atoms with Crippen LogP contribution in [0.5, 0.6) is 0 Å². The van der Waals surface area contributed by atoms with Gasteiger partial charge in [-0.2, -0.15) is 0 Å². The van der Waals surface area contributed by atoms with Crippen molar-refractivity contribution in [3.05, 3.63) is 65.2 Å². The third kappa shape index (κ3) is 6.47. The molecule has 0 atom stereocenters. The third-order valence-electron chi connectivity index (χ3n) is 3.70. The molecule has 7 nitrogen and oxygen atoms in total. The van der Waals surface area contributed by atoms with Gasteiger partial charge in [-0.05, 0) is 56.2 Å². The molecule has 2 aromatic carbocycles. The fourth-order valence-corrected chi connectivity index (χ4v) is 2.40. The van der Waals surface area contributed by atoms with Crippen molar-refractivity contribution in [3.8, 4) is 0 Å². The topological polar surface area (TPSA) is 108 Å². The van der Waals surface area contributed by atoms with Crippen molar-refractivity contribution in [1.29, 1.82) is 0 Å². The van der Waals surface area contributed by atoms with Gasteiger partial charge < -0.3 is 21.1 Å². The molecule has 7 heteroatoms. The first kappa shape index (κ1) is 20.0. The lowest BCUT2D eigenvalue weighted by Gasteiger charge is -2.11. The molecule has 4 N–H and O–H groups in total. The lowest BCUT2D eigenvalue weighted by atomic mass is 10.1. The number of urea groups is 1. The Balaban J connectivity index is 1.87. The summed E-state index contributed by atoms with van der Waals surface area (Å²) in [5.74, 6) is -1.21. The van der Waals surface area contributed by atoms with E-state index in [4.69, 9.17) is 5.11 Å². The van der Waals surface area contributed by atoms with Gasteiger partial charge in [-0.3, -0.25) is 4.79 Å². The maximum Gasteiger partial charge on any atom is 0.335 e. The van der Waals surface area contributed by atoms with E-state index in [2.05, 4.69) is 16.0 Å². The van der Waals surface area contributed by atoms with E-state index >= 15 is 0 Å². The first-order valence-electron chi connectivity index (χ1n) is 8.63. The number of aromatic carboxylic acids is 1. The van der Waals surface area contributed by atoms with E-state index in [0.717, 1.165) is 5.56 Å². The van der Waals surface area contributed by atoms with Gasteiger partial charge in [0, 0.05) is 23.8 Å². The van der Waals surface area contributed by atoms with E-state index in [1.165, 1.54) is 12.1 Å². The molecule has 142 valence electrons. The second-order valence-electron chi connectivity index (χ2n) is 6.34. The van der Waals surface area contributed by atoms with Crippen LogP contribution in [0.15, 0.2) is 48.5 Å². The smallest absolute Gasteiger partial charge is 0.335 e. The van der Waals surface area contributed by atoms with Gasteiger partial charge >= 0.3 is 12.0 Å². The molecule has 0 fully saturated rings. The van der Waals surface area contributed by atoms with Crippen molar-refractivity contribution in [2.24, 2.45) is 0 Å². The van der Waals surface area contributed by atoms with Crippen molar-refractivity contribution in [1.82, 2.24) is 10.6 Å². The Morgan fingerprint density at radius 3 is 2.33 bits per heavy atom. The standard InChI is InChI=1S/C20H23N3O4/c1-13(2)22-20(27)23-17-5-3-4-16(12-17)18(24)21-11-10-14-6-8-15(9-7-14)19(25)26/h3-9,12-13H,10-11H2,1-2H3,(H,21,24)(H,25,26)(H2,22,23,27). The van der Waals surface area contributed by atoms with Crippen LogP contribution in [0.1, 0.15) is 40.1 Å². The van der Waals surface area contributed by atoms with E-state index < -0.39 is 5.97 Å². The van der Waals surface area contributed by atoms with Gasteiger partial charge in [0.2, 0.25) is 0 Å². The summed E-state index contributed by atoms with van der Waals surface area (Å²) in [6, 6.07) is 12.9. The molecule has 0 aliphatic rings. The van der Waals surface area contributed by atoms with Gasteiger partial charge in [-0.1, -0.05) is 18.2 Å². The predicted octanol–water partition coefficient (Wildman–Crippen LogP) is 2.89. The molecule has 0 aliphatic heterocycles. The molecule has 2 rings (SSSR count). The SMILES string of the molecule is CC(C)NC(=O)Nc1cccc(C(=O)NCCc2ccc(C(=O)O)cc2)c1. The number of amides is 3. The summed E-state index contributed by atoms with van der Waals surface area (Å²) in [4.78, 5) is 34.8.